The van der Waals surface area contributed by atoms with Gasteiger partial charge in [-0.05, 0) is 23.5 Å². The lowest BCUT2D eigenvalue weighted by Crippen LogP contribution is -2.12. The highest BCUT2D eigenvalue weighted by molar-refractivity contribution is 7.13. The zero-order chi connectivity index (χ0) is 13.2. The van der Waals surface area contributed by atoms with Crippen LogP contribution >= 0.6 is 11.3 Å². The Hall–Kier alpha value is -1.35. The molecule has 0 amide bonds. The van der Waals surface area contributed by atoms with Gasteiger partial charge in [0.1, 0.15) is 0 Å². The van der Waals surface area contributed by atoms with E-state index in [1.54, 1.807) is 11.3 Å². The fraction of sp³-hybridized carbons (Fsp3) is 0.400. The minimum absolute atomic E-state index is 0.213. The zero-order valence-electron chi connectivity index (χ0n) is 11.4. The number of thiazole rings is 1. The molecule has 0 aliphatic carbocycles. The average molecular weight is 260 g/mol. The standard InChI is InChI=1S/C15H20N2S/c1-11(17-14-16-9-10-18-14)12-5-7-13(8-6-12)15(2,3)4/h5-11H,1-4H3,(H,16,17). The first kappa shape index (κ1) is 13.1. The summed E-state index contributed by atoms with van der Waals surface area (Å²) in [5.74, 6) is 0. The van der Waals surface area contributed by atoms with Gasteiger partial charge < -0.3 is 5.32 Å². The Morgan fingerprint density at radius 1 is 1.17 bits per heavy atom. The summed E-state index contributed by atoms with van der Waals surface area (Å²) in [5.41, 5.74) is 2.87. The number of benzene rings is 1. The number of rotatable bonds is 3. The first-order chi connectivity index (χ1) is 8.47. The van der Waals surface area contributed by atoms with Gasteiger partial charge in [0.15, 0.2) is 5.13 Å². The van der Waals surface area contributed by atoms with Crippen LogP contribution in [-0.2, 0) is 5.41 Å². The van der Waals surface area contributed by atoms with Crippen molar-refractivity contribution in [3.63, 3.8) is 0 Å². The first-order valence-corrected chi connectivity index (χ1v) is 7.11. The van der Waals surface area contributed by atoms with E-state index < -0.39 is 0 Å². The summed E-state index contributed by atoms with van der Waals surface area (Å²) >= 11 is 1.63. The van der Waals surface area contributed by atoms with E-state index in [1.807, 2.05) is 11.6 Å². The lowest BCUT2D eigenvalue weighted by molar-refractivity contribution is 0.589. The molecule has 0 spiro atoms. The van der Waals surface area contributed by atoms with Gasteiger partial charge in [-0.1, -0.05) is 45.0 Å². The fourth-order valence-corrected chi connectivity index (χ4v) is 2.45. The van der Waals surface area contributed by atoms with Crippen LogP contribution in [0.2, 0.25) is 0 Å². The Labute approximate surface area is 113 Å². The van der Waals surface area contributed by atoms with Gasteiger partial charge in [0.25, 0.3) is 0 Å². The monoisotopic (exact) mass is 260 g/mol. The van der Waals surface area contributed by atoms with Crippen molar-refractivity contribution in [2.24, 2.45) is 0 Å². The second kappa shape index (κ2) is 5.11. The van der Waals surface area contributed by atoms with Gasteiger partial charge >= 0.3 is 0 Å². The molecule has 0 aliphatic rings. The third-order valence-electron chi connectivity index (χ3n) is 3.05. The fourth-order valence-electron chi connectivity index (χ4n) is 1.84. The van der Waals surface area contributed by atoms with Crippen molar-refractivity contribution in [3.05, 3.63) is 47.0 Å². The molecule has 18 heavy (non-hydrogen) atoms. The van der Waals surface area contributed by atoms with E-state index in [0.29, 0.717) is 0 Å². The van der Waals surface area contributed by atoms with Crippen LogP contribution in [0, 0.1) is 0 Å². The van der Waals surface area contributed by atoms with Crippen molar-refractivity contribution in [2.75, 3.05) is 5.32 Å². The molecule has 1 aromatic carbocycles. The molecule has 2 aromatic rings. The van der Waals surface area contributed by atoms with Gasteiger partial charge in [-0.15, -0.1) is 11.3 Å². The normalized spacial score (nSPS) is 13.3. The summed E-state index contributed by atoms with van der Waals surface area (Å²) in [5, 5.41) is 6.36. The van der Waals surface area contributed by atoms with Crippen LogP contribution in [-0.4, -0.2) is 4.98 Å². The molecule has 1 unspecified atom stereocenters. The number of nitrogens with zero attached hydrogens (tertiary/aromatic N) is 1. The summed E-state index contributed by atoms with van der Waals surface area (Å²) in [6, 6.07) is 9.12. The van der Waals surface area contributed by atoms with Crippen LogP contribution in [0.1, 0.15) is 44.9 Å². The average Bonchev–Trinajstić information content (AvgIpc) is 2.81. The molecule has 1 aromatic heterocycles. The summed E-state index contributed by atoms with van der Waals surface area (Å²) in [6.45, 7) is 8.87. The van der Waals surface area contributed by atoms with E-state index in [0.717, 1.165) is 5.13 Å². The van der Waals surface area contributed by atoms with Crippen molar-refractivity contribution < 1.29 is 0 Å². The Bertz CT molecular complexity index is 480. The highest BCUT2D eigenvalue weighted by atomic mass is 32.1. The highest BCUT2D eigenvalue weighted by Crippen LogP contribution is 2.25. The highest BCUT2D eigenvalue weighted by Gasteiger charge is 2.14. The molecule has 0 aliphatic heterocycles. The molecular formula is C15H20N2S. The Balaban J connectivity index is 2.10. The number of hydrogen-bond donors (Lipinski definition) is 1. The van der Waals surface area contributed by atoms with Crippen LogP contribution in [0.5, 0.6) is 0 Å². The van der Waals surface area contributed by atoms with Crippen LogP contribution in [0.4, 0.5) is 5.13 Å². The molecule has 0 saturated carbocycles. The van der Waals surface area contributed by atoms with Crippen molar-refractivity contribution in [1.82, 2.24) is 4.98 Å². The summed E-state index contributed by atoms with van der Waals surface area (Å²) in [6.07, 6.45) is 1.82. The van der Waals surface area contributed by atoms with E-state index in [1.165, 1.54) is 11.1 Å². The van der Waals surface area contributed by atoms with Gasteiger partial charge in [0, 0.05) is 11.6 Å². The molecule has 3 heteroatoms. The Morgan fingerprint density at radius 2 is 1.83 bits per heavy atom. The molecular weight excluding hydrogens is 240 g/mol. The second-order valence-electron chi connectivity index (χ2n) is 5.58. The van der Waals surface area contributed by atoms with Crippen molar-refractivity contribution in [2.45, 2.75) is 39.2 Å². The van der Waals surface area contributed by atoms with E-state index in [4.69, 9.17) is 0 Å². The largest absolute Gasteiger partial charge is 0.355 e. The molecule has 2 nitrogen and oxygen atoms in total. The number of aromatic nitrogens is 1. The predicted molar refractivity (Wildman–Crippen MR) is 79.3 cm³/mol. The summed E-state index contributed by atoms with van der Waals surface area (Å²) in [4.78, 5) is 4.25. The minimum Gasteiger partial charge on any atom is -0.355 e. The quantitative estimate of drug-likeness (QED) is 0.871. The molecule has 1 heterocycles. The molecule has 0 bridgehead atoms. The molecule has 1 atom stereocenters. The molecule has 96 valence electrons. The van der Waals surface area contributed by atoms with Crippen molar-refractivity contribution in [1.29, 1.82) is 0 Å². The Morgan fingerprint density at radius 3 is 2.33 bits per heavy atom. The minimum atomic E-state index is 0.213. The van der Waals surface area contributed by atoms with E-state index in [2.05, 4.69) is 62.3 Å². The maximum atomic E-state index is 4.25. The molecule has 0 radical (unpaired) electrons. The van der Waals surface area contributed by atoms with Gasteiger partial charge in [-0.3, -0.25) is 0 Å². The van der Waals surface area contributed by atoms with Gasteiger partial charge in [0.05, 0.1) is 6.04 Å². The van der Waals surface area contributed by atoms with Crippen LogP contribution in [0.25, 0.3) is 0 Å². The topological polar surface area (TPSA) is 24.9 Å². The smallest absolute Gasteiger partial charge is 0.183 e. The van der Waals surface area contributed by atoms with E-state index >= 15 is 0 Å². The van der Waals surface area contributed by atoms with E-state index in [9.17, 15) is 0 Å². The lowest BCUT2D eigenvalue weighted by atomic mass is 9.86. The third-order valence-corrected chi connectivity index (χ3v) is 3.75. The van der Waals surface area contributed by atoms with Crippen LogP contribution in [0.3, 0.4) is 0 Å². The molecule has 0 saturated heterocycles. The van der Waals surface area contributed by atoms with Gasteiger partial charge in [0.2, 0.25) is 0 Å². The summed E-state index contributed by atoms with van der Waals surface area (Å²) in [7, 11) is 0. The molecule has 1 N–H and O–H groups in total. The lowest BCUT2D eigenvalue weighted by Gasteiger charge is -2.20. The predicted octanol–water partition coefficient (Wildman–Crippen LogP) is 4.61. The van der Waals surface area contributed by atoms with Gasteiger partial charge in [-0.2, -0.15) is 0 Å². The van der Waals surface area contributed by atoms with Crippen molar-refractivity contribution in [3.8, 4) is 0 Å². The molecule has 2 rings (SSSR count). The van der Waals surface area contributed by atoms with Crippen LogP contribution < -0.4 is 5.32 Å². The summed E-state index contributed by atoms with van der Waals surface area (Å²) < 4.78 is 0. The molecule has 0 fully saturated rings. The Kier molecular flexibility index (Phi) is 3.71. The van der Waals surface area contributed by atoms with E-state index in [-0.39, 0.29) is 11.5 Å². The van der Waals surface area contributed by atoms with Crippen LogP contribution in [0.15, 0.2) is 35.8 Å². The second-order valence-corrected chi connectivity index (χ2v) is 6.47. The zero-order valence-corrected chi connectivity index (χ0v) is 12.2. The maximum Gasteiger partial charge on any atom is 0.183 e. The number of anilines is 1. The SMILES string of the molecule is CC(Nc1nccs1)c1ccc(C(C)(C)C)cc1. The number of nitrogens with one attached hydrogen (secondary N) is 1. The number of hydrogen-bond acceptors (Lipinski definition) is 3. The first-order valence-electron chi connectivity index (χ1n) is 6.23. The van der Waals surface area contributed by atoms with Gasteiger partial charge in [-0.25, -0.2) is 4.98 Å². The third kappa shape index (κ3) is 3.10. The maximum absolute atomic E-state index is 4.25. The van der Waals surface area contributed by atoms with Crippen molar-refractivity contribution >= 4 is 16.5 Å².